The molecule has 1 N–H and O–H groups in total. The zero-order chi connectivity index (χ0) is 15.4. The maximum absolute atomic E-state index is 11.8. The molecule has 0 heterocycles. The normalized spacial score (nSPS) is 10.3. The van der Waals surface area contributed by atoms with Crippen molar-refractivity contribution in [2.24, 2.45) is 0 Å². The Hall–Kier alpha value is -0.940. The summed E-state index contributed by atoms with van der Waals surface area (Å²) < 4.78 is 6.16. The fourth-order valence-electron chi connectivity index (χ4n) is 1.51. The third-order valence-electron chi connectivity index (χ3n) is 2.46. The molecule has 0 fully saturated rings. The fourth-order valence-corrected chi connectivity index (χ4v) is 2.70. The van der Waals surface area contributed by atoms with Crippen LogP contribution < -0.4 is 10.1 Å². The lowest BCUT2D eigenvalue weighted by Gasteiger charge is -2.10. The number of hydrogen-bond donors (Lipinski definition) is 1. The molecular weight excluding hydrogens is 400 g/mol. The SMILES string of the molecule is O=C(COc1ccc(Cl)cc1Cl)Nc1ccc(Br)cc1Cl. The first-order valence-electron chi connectivity index (χ1n) is 5.78. The quantitative estimate of drug-likeness (QED) is 0.732. The molecule has 21 heavy (non-hydrogen) atoms. The van der Waals surface area contributed by atoms with Gasteiger partial charge in [-0.2, -0.15) is 0 Å². The summed E-state index contributed by atoms with van der Waals surface area (Å²) in [5.74, 6) is 0.0448. The second-order valence-corrected chi connectivity index (χ2v) is 6.20. The van der Waals surface area contributed by atoms with Gasteiger partial charge in [-0.3, -0.25) is 4.79 Å². The number of rotatable bonds is 4. The Labute approximate surface area is 145 Å². The van der Waals surface area contributed by atoms with Crippen LogP contribution in [0.1, 0.15) is 0 Å². The van der Waals surface area contributed by atoms with Crippen molar-refractivity contribution in [3.8, 4) is 5.75 Å². The first-order chi connectivity index (χ1) is 9.95. The molecule has 2 rings (SSSR count). The van der Waals surface area contributed by atoms with Gasteiger partial charge in [-0.25, -0.2) is 0 Å². The number of carbonyl (C=O) groups is 1. The van der Waals surface area contributed by atoms with E-state index in [0.29, 0.717) is 26.5 Å². The summed E-state index contributed by atoms with van der Waals surface area (Å²) in [5.41, 5.74) is 0.510. The third-order valence-corrected chi connectivity index (χ3v) is 3.79. The van der Waals surface area contributed by atoms with Gasteiger partial charge in [-0.1, -0.05) is 50.7 Å². The molecule has 2 aromatic rings. The molecule has 0 aliphatic carbocycles. The Kier molecular flexibility index (Phi) is 5.76. The first-order valence-corrected chi connectivity index (χ1v) is 7.71. The predicted octanol–water partition coefficient (Wildman–Crippen LogP) is 5.43. The van der Waals surface area contributed by atoms with Gasteiger partial charge in [0.15, 0.2) is 6.61 Å². The molecule has 0 aromatic heterocycles. The lowest BCUT2D eigenvalue weighted by atomic mass is 10.3. The lowest BCUT2D eigenvalue weighted by molar-refractivity contribution is -0.118. The molecule has 0 radical (unpaired) electrons. The highest BCUT2D eigenvalue weighted by molar-refractivity contribution is 9.10. The van der Waals surface area contributed by atoms with E-state index in [1.807, 2.05) is 0 Å². The lowest BCUT2D eigenvalue weighted by Crippen LogP contribution is -2.20. The highest BCUT2D eigenvalue weighted by Gasteiger charge is 2.09. The number of benzene rings is 2. The van der Waals surface area contributed by atoms with E-state index in [9.17, 15) is 4.79 Å². The highest BCUT2D eigenvalue weighted by Crippen LogP contribution is 2.28. The zero-order valence-corrected chi connectivity index (χ0v) is 14.4. The molecular formula is C14H9BrCl3NO2. The van der Waals surface area contributed by atoms with Crippen LogP contribution in [-0.4, -0.2) is 12.5 Å². The first kappa shape index (κ1) is 16.4. The molecule has 2 aromatic carbocycles. The van der Waals surface area contributed by atoms with E-state index in [-0.39, 0.29) is 12.5 Å². The third kappa shape index (κ3) is 4.78. The van der Waals surface area contributed by atoms with Crippen LogP contribution in [-0.2, 0) is 4.79 Å². The van der Waals surface area contributed by atoms with Crippen LogP contribution in [0.2, 0.25) is 15.1 Å². The molecule has 1 amide bonds. The van der Waals surface area contributed by atoms with Crippen LogP contribution >= 0.6 is 50.7 Å². The minimum absolute atomic E-state index is 0.187. The van der Waals surface area contributed by atoms with Gasteiger partial charge < -0.3 is 10.1 Å². The van der Waals surface area contributed by atoms with Gasteiger partial charge in [0.1, 0.15) is 5.75 Å². The number of carbonyl (C=O) groups excluding carboxylic acids is 1. The van der Waals surface area contributed by atoms with Gasteiger partial charge in [-0.05, 0) is 36.4 Å². The molecule has 110 valence electrons. The number of nitrogens with one attached hydrogen (secondary N) is 1. The van der Waals surface area contributed by atoms with Crippen molar-refractivity contribution in [2.75, 3.05) is 11.9 Å². The molecule has 0 saturated heterocycles. The molecule has 3 nitrogen and oxygen atoms in total. The molecule has 0 atom stereocenters. The van der Waals surface area contributed by atoms with E-state index in [2.05, 4.69) is 21.2 Å². The van der Waals surface area contributed by atoms with Crippen LogP contribution in [0.3, 0.4) is 0 Å². The van der Waals surface area contributed by atoms with E-state index in [1.165, 1.54) is 0 Å². The van der Waals surface area contributed by atoms with Gasteiger partial charge >= 0.3 is 0 Å². The summed E-state index contributed by atoms with van der Waals surface area (Å²) in [6.45, 7) is -0.187. The molecule has 0 aliphatic heterocycles. The molecule has 0 saturated carbocycles. The average Bonchev–Trinajstić information content (AvgIpc) is 2.41. The molecule has 0 bridgehead atoms. The van der Waals surface area contributed by atoms with E-state index < -0.39 is 0 Å². The number of ether oxygens (including phenoxy) is 1. The highest BCUT2D eigenvalue weighted by atomic mass is 79.9. The number of amides is 1. The zero-order valence-electron chi connectivity index (χ0n) is 10.5. The van der Waals surface area contributed by atoms with Crippen molar-refractivity contribution in [3.05, 3.63) is 55.9 Å². The summed E-state index contributed by atoms with van der Waals surface area (Å²) in [6, 6.07) is 9.94. The number of hydrogen-bond acceptors (Lipinski definition) is 2. The Morgan fingerprint density at radius 3 is 2.52 bits per heavy atom. The van der Waals surface area contributed by atoms with E-state index >= 15 is 0 Å². The molecule has 0 spiro atoms. The molecule has 7 heteroatoms. The van der Waals surface area contributed by atoms with Crippen molar-refractivity contribution in [1.29, 1.82) is 0 Å². The second-order valence-electron chi connectivity index (χ2n) is 4.04. The number of halogens is 4. The Morgan fingerprint density at radius 1 is 1.10 bits per heavy atom. The van der Waals surface area contributed by atoms with Crippen LogP contribution in [0.4, 0.5) is 5.69 Å². The summed E-state index contributed by atoms with van der Waals surface area (Å²) in [4.78, 5) is 11.8. The average molecular weight is 409 g/mol. The Bertz CT molecular complexity index is 679. The fraction of sp³-hybridized carbons (Fsp3) is 0.0714. The Balaban J connectivity index is 1.96. The van der Waals surface area contributed by atoms with Gasteiger partial charge in [0.25, 0.3) is 5.91 Å². The van der Waals surface area contributed by atoms with Crippen LogP contribution in [0.25, 0.3) is 0 Å². The van der Waals surface area contributed by atoms with E-state index in [4.69, 9.17) is 39.5 Å². The van der Waals surface area contributed by atoms with Crippen LogP contribution in [0, 0.1) is 0 Å². The smallest absolute Gasteiger partial charge is 0.262 e. The van der Waals surface area contributed by atoms with Crippen molar-refractivity contribution < 1.29 is 9.53 Å². The maximum Gasteiger partial charge on any atom is 0.262 e. The summed E-state index contributed by atoms with van der Waals surface area (Å²) in [5, 5.41) is 3.93. The van der Waals surface area contributed by atoms with E-state index in [0.717, 1.165) is 4.47 Å². The van der Waals surface area contributed by atoms with Crippen molar-refractivity contribution in [3.63, 3.8) is 0 Å². The van der Waals surface area contributed by atoms with E-state index in [1.54, 1.807) is 36.4 Å². The minimum Gasteiger partial charge on any atom is -0.482 e. The monoisotopic (exact) mass is 407 g/mol. The summed E-state index contributed by atoms with van der Waals surface area (Å²) >= 11 is 21.0. The second kappa shape index (κ2) is 7.36. The minimum atomic E-state index is -0.342. The predicted molar refractivity (Wildman–Crippen MR) is 89.7 cm³/mol. The summed E-state index contributed by atoms with van der Waals surface area (Å²) in [7, 11) is 0. The van der Waals surface area contributed by atoms with Crippen molar-refractivity contribution in [2.45, 2.75) is 0 Å². The van der Waals surface area contributed by atoms with Gasteiger partial charge in [-0.15, -0.1) is 0 Å². The maximum atomic E-state index is 11.8. The van der Waals surface area contributed by atoms with Gasteiger partial charge in [0.2, 0.25) is 0 Å². The van der Waals surface area contributed by atoms with Crippen molar-refractivity contribution >= 4 is 62.3 Å². The summed E-state index contributed by atoms with van der Waals surface area (Å²) in [6.07, 6.45) is 0. The molecule has 0 aliphatic rings. The topological polar surface area (TPSA) is 38.3 Å². The molecule has 0 unspecified atom stereocenters. The van der Waals surface area contributed by atoms with Crippen LogP contribution in [0.5, 0.6) is 5.75 Å². The van der Waals surface area contributed by atoms with Gasteiger partial charge in [0, 0.05) is 9.50 Å². The van der Waals surface area contributed by atoms with Crippen LogP contribution in [0.15, 0.2) is 40.9 Å². The standard InChI is InChI=1S/C14H9BrCl3NO2/c15-8-1-3-12(10(17)5-8)19-14(20)7-21-13-4-2-9(16)6-11(13)18/h1-6H,7H2,(H,19,20). The van der Waals surface area contributed by atoms with Gasteiger partial charge in [0.05, 0.1) is 15.7 Å². The largest absolute Gasteiger partial charge is 0.482 e. The Morgan fingerprint density at radius 2 is 1.86 bits per heavy atom. The number of anilines is 1. The van der Waals surface area contributed by atoms with Crippen molar-refractivity contribution in [1.82, 2.24) is 0 Å².